The molecule has 3 aromatic carbocycles. The van der Waals surface area contributed by atoms with Gasteiger partial charge in [0.05, 0.1) is 39.6 Å². The molecule has 0 amide bonds. The van der Waals surface area contributed by atoms with Gasteiger partial charge in [0.2, 0.25) is 0 Å². The van der Waals surface area contributed by atoms with Crippen LogP contribution in [0.4, 0.5) is 0 Å². The lowest BCUT2D eigenvalue weighted by Gasteiger charge is -2.18. The number of aliphatic hydroxyl groups excluding tert-OH is 2. The molecule has 0 spiro atoms. The number of aromatic hydroxyl groups is 2. The number of hydrogen-bond acceptors (Lipinski definition) is 8. The number of carbonyl (C=O) groups excluding carboxylic acids is 1. The summed E-state index contributed by atoms with van der Waals surface area (Å²) in [5, 5.41) is 39.6. The summed E-state index contributed by atoms with van der Waals surface area (Å²) in [6.45, 7) is 1.46. The first kappa shape index (κ1) is 27.0. The Labute approximate surface area is 210 Å². The lowest BCUT2D eigenvalue weighted by molar-refractivity contribution is 0.00716. The van der Waals surface area contributed by atoms with Crippen molar-refractivity contribution in [3.8, 4) is 34.1 Å². The van der Waals surface area contributed by atoms with E-state index >= 15 is 0 Å². The molecule has 0 aliphatic carbocycles. The predicted molar refractivity (Wildman–Crippen MR) is 135 cm³/mol. The highest BCUT2D eigenvalue weighted by molar-refractivity contribution is 6.12. The first-order valence-electron chi connectivity index (χ1n) is 11.6. The van der Waals surface area contributed by atoms with Gasteiger partial charge in [-0.1, -0.05) is 19.1 Å². The molecule has 3 aromatic rings. The third-order valence-corrected chi connectivity index (χ3v) is 5.95. The van der Waals surface area contributed by atoms with Crippen LogP contribution in [0.25, 0.3) is 11.1 Å². The lowest BCUT2D eigenvalue weighted by atomic mass is 9.89. The van der Waals surface area contributed by atoms with Gasteiger partial charge in [0.15, 0.2) is 5.78 Å². The second-order valence-corrected chi connectivity index (χ2v) is 8.24. The van der Waals surface area contributed by atoms with Crippen LogP contribution < -0.4 is 9.47 Å². The zero-order valence-corrected chi connectivity index (χ0v) is 20.7. The summed E-state index contributed by atoms with van der Waals surface area (Å²) in [5.41, 5.74) is 2.88. The van der Waals surface area contributed by atoms with E-state index in [-0.39, 0.29) is 36.7 Å². The van der Waals surface area contributed by atoms with Gasteiger partial charge < -0.3 is 34.6 Å². The maximum atomic E-state index is 13.7. The Morgan fingerprint density at radius 2 is 1.75 bits per heavy atom. The van der Waals surface area contributed by atoms with Gasteiger partial charge in [-0.15, -0.1) is 0 Å². The van der Waals surface area contributed by atoms with Gasteiger partial charge in [0.25, 0.3) is 0 Å². The third kappa shape index (κ3) is 5.96. The number of ketones is 1. The van der Waals surface area contributed by atoms with Crippen molar-refractivity contribution in [3.05, 3.63) is 70.8 Å². The van der Waals surface area contributed by atoms with E-state index in [1.54, 1.807) is 32.4 Å². The van der Waals surface area contributed by atoms with Crippen LogP contribution in [0.3, 0.4) is 0 Å². The van der Waals surface area contributed by atoms with Crippen LogP contribution in [0.2, 0.25) is 0 Å². The molecular weight excluding hydrogens is 464 g/mol. The van der Waals surface area contributed by atoms with Crippen molar-refractivity contribution in [1.82, 2.24) is 0 Å². The molecule has 8 heteroatoms. The fraction of sp³-hybridized carbons (Fsp3) is 0.321. The van der Waals surface area contributed by atoms with E-state index in [1.165, 1.54) is 6.07 Å². The van der Waals surface area contributed by atoms with Gasteiger partial charge in [-0.2, -0.15) is 0 Å². The Morgan fingerprint density at radius 1 is 0.972 bits per heavy atom. The zero-order chi connectivity index (χ0) is 26.2. The topological polar surface area (TPSA) is 126 Å². The van der Waals surface area contributed by atoms with E-state index in [0.29, 0.717) is 40.2 Å². The molecule has 0 radical (unpaired) electrons. The molecule has 36 heavy (non-hydrogen) atoms. The summed E-state index contributed by atoms with van der Waals surface area (Å²) in [4.78, 5) is 13.7. The molecule has 0 fully saturated rings. The number of carbonyl (C=O) groups is 1. The maximum Gasteiger partial charge on any atom is 0.197 e. The maximum absolute atomic E-state index is 13.7. The molecule has 4 N–H and O–H groups in total. The van der Waals surface area contributed by atoms with E-state index in [1.807, 2.05) is 31.2 Å². The number of rotatable bonds is 12. The van der Waals surface area contributed by atoms with Gasteiger partial charge in [0, 0.05) is 17.2 Å². The molecule has 3 rings (SSSR count). The average molecular weight is 497 g/mol. The van der Waals surface area contributed by atoms with Crippen LogP contribution in [-0.4, -0.2) is 66.4 Å². The SMILES string of the molecule is CCc1c(O)cc(O)c(C(=O)c2ccc(OC)c(-c3cccc(OC)c3)c2)c1CCOCC(O)CO. The molecule has 0 bridgehead atoms. The van der Waals surface area contributed by atoms with Crippen LogP contribution in [0.15, 0.2) is 48.5 Å². The van der Waals surface area contributed by atoms with Crippen molar-refractivity contribution in [2.24, 2.45) is 0 Å². The fourth-order valence-corrected chi connectivity index (χ4v) is 4.13. The van der Waals surface area contributed by atoms with E-state index < -0.39 is 18.5 Å². The second kappa shape index (κ2) is 12.4. The molecular formula is C28H32O8. The molecule has 0 aliphatic heterocycles. The normalized spacial score (nSPS) is 11.8. The monoisotopic (exact) mass is 496 g/mol. The molecule has 0 heterocycles. The van der Waals surface area contributed by atoms with Crippen molar-refractivity contribution in [1.29, 1.82) is 0 Å². The lowest BCUT2D eigenvalue weighted by Crippen LogP contribution is -2.20. The van der Waals surface area contributed by atoms with E-state index in [9.17, 15) is 20.1 Å². The zero-order valence-electron chi connectivity index (χ0n) is 20.7. The minimum Gasteiger partial charge on any atom is -0.508 e. The van der Waals surface area contributed by atoms with Crippen molar-refractivity contribution in [2.75, 3.05) is 34.0 Å². The Kier molecular flexibility index (Phi) is 9.30. The van der Waals surface area contributed by atoms with Crippen LogP contribution in [-0.2, 0) is 17.6 Å². The largest absolute Gasteiger partial charge is 0.508 e. The molecule has 1 unspecified atom stereocenters. The minimum absolute atomic E-state index is 0.0750. The summed E-state index contributed by atoms with van der Waals surface area (Å²) in [6, 6.07) is 13.6. The average Bonchev–Trinajstić information content (AvgIpc) is 2.90. The molecule has 0 aromatic heterocycles. The van der Waals surface area contributed by atoms with Crippen molar-refractivity contribution < 1.29 is 39.4 Å². The Balaban J connectivity index is 2.05. The molecule has 0 aliphatic rings. The summed E-state index contributed by atoms with van der Waals surface area (Å²) >= 11 is 0. The number of ether oxygens (including phenoxy) is 3. The molecule has 1 atom stereocenters. The highest BCUT2D eigenvalue weighted by atomic mass is 16.5. The molecule has 192 valence electrons. The van der Waals surface area contributed by atoms with Crippen molar-refractivity contribution >= 4 is 5.78 Å². The van der Waals surface area contributed by atoms with Gasteiger partial charge >= 0.3 is 0 Å². The number of aliphatic hydroxyl groups is 2. The first-order chi connectivity index (χ1) is 17.3. The highest BCUT2D eigenvalue weighted by Gasteiger charge is 2.24. The molecule has 0 saturated carbocycles. The van der Waals surface area contributed by atoms with Crippen LogP contribution in [0.5, 0.6) is 23.0 Å². The van der Waals surface area contributed by atoms with Gasteiger partial charge in [-0.3, -0.25) is 4.79 Å². The van der Waals surface area contributed by atoms with Gasteiger partial charge in [0.1, 0.15) is 29.1 Å². The quantitative estimate of drug-likeness (QED) is 0.222. The first-order valence-corrected chi connectivity index (χ1v) is 11.6. The highest BCUT2D eigenvalue weighted by Crippen LogP contribution is 2.37. The van der Waals surface area contributed by atoms with E-state index in [0.717, 1.165) is 5.56 Å². The third-order valence-electron chi connectivity index (χ3n) is 5.95. The predicted octanol–water partition coefficient (Wildman–Crippen LogP) is 3.49. The summed E-state index contributed by atoms with van der Waals surface area (Å²) in [6.07, 6.45) is -0.370. The van der Waals surface area contributed by atoms with Gasteiger partial charge in [-0.25, -0.2) is 0 Å². The van der Waals surface area contributed by atoms with Crippen LogP contribution >= 0.6 is 0 Å². The molecule has 8 nitrogen and oxygen atoms in total. The summed E-state index contributed by atoms with van der Waals surface area (Å²) in [5.74, 6) is 0.366. The van der Waals surface area contributed by atoms with E-state index in [2.05, 4.69) is 0 Å². The number of phenols is 2. The van der Waals surface area contributed by atoms with Gasteiger partial charge in [-0.05, 0) is 59.9 Å². The minimum atomic E-state index is -1.01. The van der Waals surface area contributed by atoms with Crippen LogP contribution in [0.1, 0.15) is 34.0 Å². The second-order valence-electron chi connectivity index (χ2n) is 8.24. The number of methoxy groups -OCH3 is 2. The Morgan fingerprint density at radius 3 is 2.42 bits per heavy atom. The summed E-state index contributed by atoms with van der Waals surface area (Å²) in [7, 11) is 3.12. The van der Waals surface area contributed by atoms with Crippen LogP contribution in [0, 0.1) is 0 Å². The fourth-order valence-electron chi connectivity index (χ4n) is 4.13. The summed E-state index contributed by atoms with van der Waals surface area (Å²) < 4.78 is 16.3. The van der Waals surface area contributed by atoms with E-state index in [4.69, 9.17) is 19.3 Å². The smallest absolute Gasteiger partial charge is 0.197 e. The number of hydrogen-bond donors (Lipinski definition) is 4. The Hall–Kier alpha value is -3.59. The van der Waals surface area contributed by atoms with Crippen molar-refractivity contribution in [3.63, 3.8) is 0 Å². The Bertz CT molecular complexity index is 1200. The number of phenolic OH excluding ortho intramolecular Hbond substituents is 2. The number of benzene rings is 3. The van der Waals surface area contributed by atoms with Crippen molar-refractivity contribution in [2.45, 2.75) is 25.9 Å². The standard InChI is InChI=1S/C28H32O8/c1-4-21-22(10-11-36-16-19(30)15-29)27(25(32)14-24(21)31)28(33)18-8-9-26(35-3)23(13-18)17-6-5-7-20(12-17)34-2/h5-9,12-14,19,29-32H,4,10-11,15-16H2,1-3H3. The molecule has 0 saturated heterocycles.